The van der Waals surface area contributed by atoms with Gasteiger partial charge in [0.1, 0.15) is 6.04 Å². The summed E-state index contributed by atoms with van der Waals surface area (Å²) in [7, 11) is 0. The normalized spacial score (nSPS) is 15.1. The minimum absolute atomic E-state index is 0.0914. The Bertz CT molecular complexity index is 891. The Kier molecular flexibility index (Phi) is 8.46. The number of benzene rings is 2. The van der Waals surface area contributed by atoms with E-state index in [-0.39, 0.29) is 17.9 Å². The van der Waals surface area contributed by atoms with Gasteiger partial charge in [-0.15, -0.1) is 0 Å². The highest BCUT2D eigenvalue weighted by molar-refractivity contribution is 7.98. The summed E-state index contributed by atoms with van der Waals surface area (Å²) in [6.45, 7) is 2.83. The first kappa shape index (κ1) is 22.5. The van der Waals surface area contributed by atoms with Gasteiger partial charge in [-0.2, -0.15) is 11.8 Å². The molecule has 0 aromatic heterocycles. The summed E-state index contributed by atoms with van der Waals surface area (Å²) in [6, 6.07) is 12.8. The molecule has 1 atom stereocenters. The maximum Gasteiger partial charge on any atom is 0.251 e. The topological polar surface area (TPSA) is 70.2 Å². The van der Waals surface area contributed by atoms with Crippen LogP contribution in [0, 0.1) is 0 Å². The van der Waals surface area contributed by atoms with Crippen molar-refractivity contribution in [3.8, 4) is 0 Å². The average Bonchev–Trinajstić information content (AvgIpc) is 2.74. The Balaban J connectivity index is 1.52. The zero-order valence-corrected chi connectivity index (χ0v) is 18.7. The van der Waals surface area contributed by atoms with E-state index in [4.69, 9.17) is 11.6 Å². The molecule has 160 valence electrons. The van der Waals surface area contributed by atoms with Gasteiger partial charge in [0.25, 0.3) is 5.91 Å². The molecule has 2 aromatic rings. The van der Waals surface area contributed by atoms with Gasteiger partial charge in [-0.1, -0.05) is 56.0 Å². The lowest BCUT2D eigenvalue weighted by Gasteiger charge is -2.27. The second kappa shape index (κ2) is 11.3. The minimum Gasteiger partial charge on any atom is -0.371 e. The molecule has 3 rings (SSSR count). The molecule has 1 aliphatic heterocycles. The Morgan fingerprint density at radius 3 is 2.77 bits per heavy atom. The maximum absolute atomic E-state index is 12.5. The van der Waals surface area contributed by atoms with Crippen LogP contribution in [0.1, 0.15) is 48.5 Å². The fourth-order valence-electron chi connectivity index (χ4n) is 3.26. The van der Waals surface area contributed by atoms with E-state index in [0.29, 0.717) is 23.5 Å². The van der Waals surface area contributed by atoms with Crippen LogP contribution in [0.4, 0.5) is 11.4 Å². The van der Waals surface area contributed by atoms with Gasteiger partial charge >= 0.3 is 0 Å². The smallest absolute Gasteiger partial charge is 0.251 e. The summed E-state index contributed by atoms with van der Waals surface area (Å²) in [5.41, 5.74) is 3.09. The number of halogens is 1. The van der Waals surface area contributed by atoms with Crippen LogP contribution < -0.4 is 16.0 Å². The molecule has 5 nitrogen and oxygen atoms in total. The first-order chi connectivity index (χ1) is 14.6. The molecule has 3 N–H and O–H groups in total. The Morgan fingerprint density at radius 1 is 1.13 bits per heavy atom. The van der Waals surface area contributed by atoms with Crippen molar-refractivity contribution in [3.63, 3.8) is 0 Å². The quantitative estimate of drug-likeness (QED) is 0.433. The van der Waals surface area contributed by atoms with Crippen LogP contribution in [0.15, 0.2) is 42.5 Å². The third-order valence-corrected chi connectivity index (χ3v) is 6.45. The number of nitrogens with one attached hydrogen (secondary N) is 3. The summed E-state index contributed by atoms with van der Waals surface area (Å²) >= 11 is 7.85. The molecular weight excluding hydrogens is 418 g/mol. The van der Waals surface area contributed by atoms with Crippen LogP contribution in [0.25, 0.3) is 0 Å². The summed E-state index contributed by atoms with van der Waals surface area (Å²) in [4.78, 5) is 24.9. The molecular formula is C23H28ClN3O2S. The first-order valence-electron chi connectivity index (χ1n) is 10.4. The van der Waals surface area contributed by atoms with Crippen LogP contribution >= 0.6 is 23.4 Å². The van der Waals surface area contributed by atoms with Crippen molar-refractivity contribution in [1.29, 1.82) is 0 Å². The zero-order valence-electron chi connectivity index (χ0n) is 17.2. The Labute approximate surface area is 187 Å². The minimum atomic E-state index is -0.330. The van der Waals surface area contributed by atoms with Crippen molar-refractivity contribution in [1.82, 2.24) is 5.32 Å². The second-order valence-corrected chi connectivity index (χ2v) is 8.81. The number of unbranched alkanes of at least 4 members (excludes halogenated alkanes) is 3. The number of anilines is 2. The van der Waals surface area contributed by atoms with E-state index in [1.807, 2.05) is 30.3 Å². The van der Waals surface area contributed by atoms with E-state index in [0.717, 1.165) is 34.9 Å². The molecule has 0 bridgehead atoms. The largest absolute Gasteiger partial charge is 0.371 e. The molecule has 30 heavy (non-hydrogen) atoms. The van der Waals surface area contributed by atoms with Gasteiger partial charge in [-0.05, 0) is 36.2 Å². The lowest BCUT2D eigenvalue weighted by molar-refractivity contribution is -0.116. The SMILES string of the molecule is CCCCCCNC(=O)c1ccc2c(c1)NC(=O)[C@@H](CSCc1ccccc1Cl)N2. The average molecular weight is 446 g/mol. The van der Waals surface area contributed by atoms with E-state index >= 15 is 0 Å². The predicted octanol–water partition coefficient (Wildman–Crippen LogP) is 5.32. The molecule has 1 heterocycles. The lowest BCUT2D eigenvalue weighted by Crippen LogP contribution is -2.40. The van der Waals surface area contributed by atoms with Gasteiger partial charge in [0.05, 0.1) is 11.4 Å². The van der Waals surface area contributed by atoms with E-state index in [1.165, 1.54) is 12.8 Å². The maximum atomic E-state index is 12.5. The monoisotopic (exact) mass is 445 g/mol. The number of hydrogen-bond donors (Lipinski definition) is 3. The van der Waals surface area contributed by atoms with Gasteiger partial charge in [0.15, 0.2) is 0 Å². The van der Waals surface area contributed by atoms with Crippen LogP contribution in [0.5, 0.6) is 0 Å². The van der Waals surface area contributed by atoms with E-state index in [2.05, 4.69) is 22.9 Å². The third kappa shape index (κ3) is 6.16. The highest BCUT2D eigenvalue weighted by Gasteiger charge is 2.26. The first-order valence-corrected chi connectivity index (χ1v) is 11.9. The third-order valence-electron chi connectivity index (χ3n) is 5.00. The fourth-order valence-corrected chi connectivity index (χ4v) is 4.60. The van der Waals surface area contributed by atoms with Crippen molar-refractivity contribution < 1.29 is 9.59 Å². The van der Waals surface area contributed by atoms with Crippen LogP contribution in [0.2, 0.25) is 5.02 Å². The van der Waals surface area contributed by atoms with Crippen LogP contribution in [0.3, 0.4) is 0 Å². The van der Waals surface area contributed by atoms with E-state index in [1.54, 1.807) is 23.9 Å². The van der Waals surface area contributed by atoms with Crippen LogP contribution in [-0.2, 0) is 10.5 Å². The van der Waals surface area contributed by atoms with E-state index < -0.39 is 0 Å². The standard InChI is InChI=1S/C23H28ClN3O2S/c1-2-3-4-7-12-25-22(28)16-10-11-19-20(13-16)27-23(29)21(26-19)15-30-14-17-8-5-6-9-18(17)24/h5-6,8-11,13,21,26H,2-4,7,12,14-15H2,1H3,(H,25,28)(H,27,29)/t21-/m1/s1. The second-order valence-electron chi connectivity index (χ2n) is 7.37. The number of amides is 2. The van der Waals surface area contributed by atoms with Crippen molar-refractivity contribution in [2.75, 3.05) is 22.9 Å². The van der Waals surface area contributed by atoms with Gasteiger partial charge in [-0.3, -0.25) is 9.59 Å². The zero-order chi connectivity index (χ0) is 21.3. The molecule has 2 aromatic carbocycles. The number of carbonyl (C=O) groups is 2. The molecule has 0 spiro atoms. The van der Waals surface area contributed by atoms with Crippen molar-refractivity contribution in [3.05, 3.63) is 58.6 Å². The number of hydrogen-bond acceptors (Lipinski definition) is 4. The molecule has 0 aliphatic carbocycles. The predicted molar refractivity (Wildman–Crippen MR) is 127 cm³/mol. The molecule has 0 saturated carbocycles. The number of thioether (sulfide) groups is 1. The molecule has 7 heteroatoms. The van der Waals surface area contributed by atoms with Gasteiger partial charge in [-0.25, -0.2) is 0 Å². The summed E-state index contributed by atoms with van der Waals surface area (Å²) in [6.07, 6.45) is 4.46. The van der Waals surface area contributed by atoms with Gasteiger partial charge in [0.2, 0.25) is 5.91 Å². The number of rotatable bonds is 10. The highest BCUT2D eigenvalue weighted by atomic mass is 35.5. The Hall–Kier alpha value is -2.18. The molecule has 0 saturated heterocycles. The number of fused-ring (bicyclic) bond motifs is 1. The van der Waals surface area contributed by atoms with Crippen LogP contribution in [-0.4, -0.2) is 30.2 Å². The molecule has 0 unspecified atom stereocenters. The molecule has 2 amide bonds. The van der Waals surface area contributed by atoms with E-state index in [9.17, 15) is 9.59 Å². The molecule has 0 fully saturated rings. The van der Waals surface area contributed by atoms with Crippen molar-refractivity contribution in [2.45, 2.75) is 44.4 Å². The summed E-state index contributed by atoms with van der Waals surface area (Å²) in [5.74, 6) is 1.17. The summed E-state index contributed by atoms with van der Waals surface area (Å²) in [5, 5.41) is 9.90. The highest BCUT2D eigenvalue weighted by Crippen LogP contribution is 2.29. The van der Waals surface area contributed by atoms with Gasteiger partial charge < -0.3 is 16.0 Å². The lowest BCUT2D eigenvalue weighted by atomic mass is 10.1. The molecule has 0 radical (unpaired) electrons. The fraction of sp³-hybridized carbons (Fsp3) is 0.391. The van der Waals surface area contributed by atoms with Crippen molar-refractivity contribution in [2.24, 2.45) is 0 Å². The molecule has 1 aliphatic rings. The number of carbonyl (C=O) groups excluding carboxylic acids is 2. The Morgan fingerprint density at radius 2 is 1.97 bits per heavy atom. The van der Waals surface area contributed by atoms with Gasteiger partial charge in [0, 0.05) is 28.6 Å². The summed E-state index contributed by atoms with van der Waals surface area (Å²) < 4.78 is 0. The van der Waals surface area contributed by atoms with Crippen molar-refractivity contribution >= 4 is 46.6 Å².